The van der Waals surface area contributed by atoms with Crippen molar-refractivity contribution in [2.45, 2.75) is 425 Å². The standard InChI is InChI=1S/C77H150O17P2/c1-6-9-12-15-18-21-23-25-34-37-41-46-51-56-61-75(80)88-67-73(94-77(82)63-58-53-48-43-39-35-31-29-27-26-28-30-33-36-40-44-49-54-59-70(4)5)69-92-96(85,86)90-65-71(78)64-89-95(83,84)91-68-72(66-87-74(79)60-55-50-45-20-17-14-11-8-3)93-76(81)62-57-52-47-42-38-32-24-22-19-16-13-10-7-2/h70-73,78H,6-69H2,1-5H3,(H,83,84)(H,85,86)/t71-,72+,73+/m0/s1. The first-order valence-corrected chi connectivity index (χ1v) is 43.1. The number of phosphoric ester groups is 2. The van der Waals surface area contributed by atoms with Gasteiger partial charge in [0.2, 0.25) is 0 Å². The summed E-state index contributed by atoms with van der Waals surface area (Å²) < 4.78 is 68.5. The maximum absolute atomic E-state index is 13.1. The number of phosphoric acid groups is 2. The number of hydrogen-bond donors (Lipinski definition) is 3. The van der Waals surface area contributed by atoms with Crippen LogP contribution in [0.1, 0.15) is 407 Å². The van der Waals surface area contributed by atoms with Crippen LogP contribution in [0, 0.1) is 5.92 Å². The molecule has 19 heteroatoms. The minimum atomic E-state index is -4.96. The van der Waals surface area contributed by atoms with E-state index < -0.39 is 97.5 Å². The van der Waals surface area contributed by atoms with Crippen LogP contribution in [0.15, 0.2) is 0 Å². The van der Waals surface area contributed by atoms with Crippen molar-refractivity contribution >= 4 is 39.5 Å². The topological polar surface area (TPSA) is 237 Å². The summed E-state index contributed by atoms with van der Waals surface area (Å²) in [5, 5.41) is 10.6. The predicted octanol–water partition coefficient (Wildman–Crippen LogP) is 22.9. The van der Waals surface area contributed by atoms with Gasteiger partial charge in [-0.2, -0.15) is 0 Å². The molecule has 17 nitrogen and oxygen atoms in total. The van der Waals surface area contributed by atoms with Gasteiger partial charge in [0.15, 0.2) is 12.2 Å². The monoisotopic (exact) mass is 1410 g/mol. The van der Waals surface area contributed by atoms with Crippen molar-refractivity contribution in [3.63, 3.8) is 0 Å². The van der Waals surface area contributed by atoms with Crippen molar-refractivity contribution in [1.82, 2.24) is 0 Å². The number of unbranched alkanes of at least 4 members (excludes halogenated alkanes) is 49. The number of aliphatic hydroxyl groups excluding tert-OH is 1. The molecule has 0 aliphatic rings. The first-order chi connectivity index (χ1) is 46.5. The molecular formula is C77H150O17P2. The SMILES string of the molecule is CCCCCCCCCCCCCCCCC(=O)OC[C@H](COP(=O)(O)OC[C@@H](O)COP(=O)(O)OC[C@@H](COC(=O)CCCCCCCCCC)OC(=O)CCCCCCCCCCCCCCC)OC(=O)CCCCCCCCCCCCCCCCCCCCC(C)C. The summed E-state index contributed by atoms with van der Waals surface area (Å²) in [6.45, 7) is 7.31. The highest BCUT2D eigenvalue weighted by Crippen LogP contribution is 2.45. The van der Waals surface area contributed by atoms with Crippen LogP contribution >= 0.6 is 15.6 Å². The van der Waals surface area contributed by atoms with Gasteiger partial charge in [0, 0.05) is 25.7 Å². The third kappa shape index (κ3) is 70.5. The van der Waals surface area contributed by atoms with Crippen molar-refractivity contribution in [2.24, 2.45) is 5.92 Å². The Bertz CT molecular complexity index is 1840. The summed E-state index contributed by atoms with van der Waals surface area (Å²) in [5.74, 6) is -1.29. The zero-order valence-corrected chi connectivity index (χ0v) is 64.3. The summed E-state index contributed by atoms with van der Waals surface area (Å²) in [6, 6.07) is 0. The van der Waals surface area contributed by atoms with Crippen molar-refractivity contribution in [3.8, 4) is 0 Å². The number of hydrogen-bond acceptors (Lipinski definition) is 15. The van der Waals surface area contributed by atoms with Crippen LogP contribution in [0.4, 0.5) is 0 Å². The second-order valence-corrected chi connectivity index (χ2v) is 31.1. The molecule has 0 aromatic carbocycles. The highest BCUT2D eigenvalue weighted by atomic mass is 31.2. The molecule has 0 aromatic rings. The Kier molecular flexibility index (Phi) is 68.7. The van der Waals surface area contributed by atoms with E-state index in [4.69, 9.17) is 37.0 Å². The Morgan fingerprint density at radius 3 is 0.708 bits per heavy atom. The first kappa shape index (κ1) is 94.1. The first-order valence-electron chi connectivity index (χ1n) is 40.1. The number of aliphatic hydroxyl groups is 1. The molecule has 96 heavy (non-hydrogen) atoms. The molecule has 0 bridgehead atoms. The Morgan fingerprint density at radius 1 is 0.281 bits per heavy atom. The Morgan fingerprint density at radius 2 is 0.479 bits per heavy atom. The van der Waals surface area contributed by atoms with Crippen LogP contribution in [-0.4, -0.2) is 96.7 Å². The van der Waals surface area contributed by atoms with Crippen LogP contribution < -0.4 is 0 Å². The molecular weight excluding hydrogens is 1260 g/mol. The van der Waals surface area contributed by atoms with E-state index in [1.165, 1.54) is 225 Å². The Balaban J connectivity index is 5.18. The molecule has 5 atom stereocenters. The summed E-state index contributed by atoms with van der Waals surface area (Å²) in [7, 11) is -9.91. The molecule has 0 fully saturated rings. The van der Waals surface area contributed by atoms with E-state index in [1.54, 1.807) is 0 Å². The molecule has 570 valence electrons. The highest BCUT2D eigenvalue weighted by Gasteiger charge is 2.30. The van der Waals surface area contributed by atoms with Crippen LogP contribution in [0.3, 0.4) is 0 Å². The zero-order chi connectivity index (χ0) is 70.5. The lowest BCUT2D eigenvalue weighted by Crippen LogP contribution is -2.30. The molecule has 0 aliphatic heterocycles. The van der Waals surface area contributed by atoms with Gasteiger partial charge in [0.05, 0.1) is 26.4 Å². The van der Waals surface area contributed by atoms with E-state index in [-0.39, 0.29) is 25.7 Å². The zero-order valence-electron chi connectivity index (χ0n) is 62.5. The molecule has 0 aromatic heterocycles. The fourth-order valence-corrected chi connectivity index (χ4v) is 13.5. The lowest BCUT2D eigenvalue weighted by molar-refractivity contribution is -0.161. The molecule has 0 heterocycles. The number of esters is 4. The molecule has 0 rings (SSSR count). The van der Waals surface area contributed by atoms with E-state index in [2.05, 4.69) is 34.6 Å². The molecule has 0 spiro atoms. The van der Waals surface area contributed by atoms with E-state index >= 15 is 0 Å². The predicted molar refractivity (Wildman–Crippen MR) is 391 cm³/mol. The van der Waals surface area contributed by atoms with Gasteiger partial charge in [0.25, 0.3) is 0 Å². The van der Waals surface area contributed by atoms with Crippen molar-refractivity contribution < 1.29 is 80.2 Å². The van der Waals surface area contributed by atoms with Gasteiger partial charge < -0.3 is 33.8 Å². The lowest BCUT2D eigenvalue weighted by atomic mass is 10.0. The maximum atomic E-state index is 13.1. The normalized spacial score (nSPS) is 13.9. The summed E-state index contributed by atoms with van der Waals surface area (Å²) >= 11 is 0. The number of carbonyl (C=O) groups excluding carboxylic acids is 4. The molecule has 0 saturated heterocycles. The second kappa shape index (κ2) is 70.1. The van der Waals surface area contributed by atoms with Gasteiger partial charge in [-0.3, -0.25) is 37.3 Å². The highest BCUT2D eigenvalue weighted by molar-refractivity contribution is 7.47. The van der Waals surface area contributed by atoms with Gasteiger partial charge in [-0.25, -0.2) is 9.13 Å². The smallest absolute Gasteiger partial charge is 0.462 e. The fourth-order valence-electron chi connectivity index (χ4n) is 11.9. The quantitative estimate of drug-likeness (QED) is 0.0222. The molecule has 0 saturated carbocycles. The largest absolute Gasteiger partial charge is 0.472 e. The molecule has 2 unspecified atom stereocenters. The molecule has 3 N–H and O–H groups in total. The summed E-state index contributed by atoms with van der Waals surface area (Å²) in [5.41, 5.74) is 0. The van der Waals surface area contributed by atoms with Gasteiger partial charge in [-0.1, -0.05) is 356 Å². The average molecular weight is 1410 g/mol. The van der Waals surface area contributed by atoms with Crippen LogP contribution in [-0.2, 0) is 65.4 Å². The fraction of sp³-hybridized carbons (Fsp3) is 0.948. The van der Waals surface area contributed by atoms with Gasteiger partial charge >= 0.3 is 39.5 Å². The van der Waals surface area contributed by atoms with Gasteiger partial charge in [-0.05, 0) is 31.6 Å². The molecule has 0 radical (unpaired) electrons. The second-order valence-electron chi connectivity index (χ2n) is 28.2. The van der Waals surface area contributed by atoms with Crippen LogP contribution in [0.2, 0.25) is 0 Å². The lowest BCUT2D eigenvalue weighted by Gasteiger charge is -2.21. The van der Waals surface area contributed by atoms with Crippen molar-refractivity contribution in [2.75, 3.05) is 39.6 Å². The third-order valence-corrected chi connectivity index (χ3v) is 19.9. The average Bonchev–Trinajstić information content (AvgIpc) is 1.99. The van der Waals surface area contributed by atoms with E-state index in [1.807, 2.05) is 0 Å². The summed E-state index contributed by atoms with van der Waals surface area (Å²) in [6.07, 6.45) is 59.7. The Hall–Kier alpha value is -1.94. The number of rotatable bonds is 77. The minimum Gasteiger partial charge on any atom is -0.462 e. The van der Waals surface area contributed by atoms with Gasteiger partial charge in [-0.15, -0.1) is 0 Å². The van der Waals surface area contributed by atoms with Crippen molar-refractivity contribution in [3.05, 3.63) is 0 Å². The maximum Gasteiger partial charge on any atom is 0.472 e. The summed E-state index contributed by atoms with van der Waals surface area (Å²) in [4.78, 5) is 72.7. The molecule has 0 aliphatic carbocycles. The van der Waals surface area contributed by atoms with E-state index in [0.29, 0.717) is 25.7 Å². The number of ether oxygens (including phenoxy) is 4. The third-order valence-electron chi connectivity index (χ3n) is 18.0. The molecule has 0 amide bonds. The Labute approximate surface area is 588 Å². The van der Waals surface area contributed by atoms with E-state index in [0.717, 1.165) is 102 Å². The van der Waals surface area contributed by atoms with E-state index in [9.17, 15) is 43.2 Å². The van der Waals surface area contributed by atoms with Crippen molar-refractivity contribution in [1.29, 1.82) is 0 Å². The van der Waals surface area contributed by atoms with Crippen LogP contribution in [0.5, 0.6) is 0 Å². The number of carbonyl (C=O) groups is 4. The van der Waals surface area contributed by atoms with Gasteiger partial charge in [0.1, 0.15) is 19.3 Å². The minimum absolute atomic E-state index is 0.108. The van der Waals surface area contributed by atoms with Crippen LogP contribution in [0.25, 0.3) is 0 Å².